The van der Waals surface area contributed by atoms with Crippen LogP contribution in [0.2, 0.25) is 10.0 Å². The molecule has 1 heterocycles. The van der Waals surface area contributed by atoms with E-state index >= 15 is 8.78 Å². The van der Waals surface area contributed by atoms with E-state index < -0.39 is 83.0 Å². The number of anilines is 1. The summed E-state index contributed by atoms with van der Waals surface area (Å²) in [6.45, 7) is 11.1. The van der Waals surface area contributed by atoms with E-state index in [9.17, 15) is 24.0 Å². The van der Waals surface area contributed by atoms with Crippen molar-refractivity contribution < 1.29 is 56.4 Å². The molecule has 1 fully saturated rings. The van der Waals surface area contributed by atoms with Crippen LogP contribution in [0.4, 0.5) is 14.5 Å². The molecule has 2 N–H and O–H groups in total. The number of benzene rings is 5. The van der Waals surface area contributed by atoms with Gasteiger partial charge < -0.3 is 34.3 Å². The number of methoxy groups -OCH3 is 1. The number of hydrogen-bond donors (Lipinski definition) is 2. The molecule has 6 rings (SSSR count). The molecule has 7 unspecified atom stereocenters. The first-order valence-electron chi connectivity index (χ1n) is 24.7. The smallest absolute Gasteiger partial charge is 0.341 e. The number of ether oxygens (including phenoxy) is 5. The molecule has 1 aliphatic rings. The van der Waals surface area contributed by atoms with Crippen molar-refractivity contribution in [1.29, 1.82) is 0 Å². The van der Waals surface area contributed by atoms with Gasteiger partial charge in [-0.2, -0.15) is 0 Å². The minimum atomic E-state index is -1.34. The molecule has 5 aromatic rings. The van der Waals surface area contributed by atoms with Crippen LogP contribution in [0, 0.1) is 28.9 Å². The molecular formula is C58H64Cl2F2N2O10. The second kappa shape index (κ2) is 25.7. The molecule has 12 nitrogen and oxygen atoms in total. The Bertz CT molecular complexity index is 2760. The van der Waals surface area contributed by atoms with Crippen LogP contribution in [-0.2, 0) is 56.8 Å². The van der Waals surface area contributed by atoms with Gasteiger partial charge in [0.15, 0.2) is 0 Å². The highest BCUT2D eigenvalue weighted by molar-refractivity contribution is 6.31. The Hall–Kier alpha value is -6.35. The lowest BCUT2D eigenvalue weighted by molar-refractivity contribution is -0.170. The monoisotopic (exact) mass is 1060 g/mol. The molecule has 0 bridgehead atoms. The number of nitrogens with one attached hydrogen (secondary N) is 2. The first-order chi connectivity index (χ1) is 35.2. The summed E-state index contributed by atoms with van der Waals surface area (Å²) in [6.07, 6.45) is -0.0950. The standard InChI is InChI=1S/C58H64Cl2F2N2O10/c1-8-58(43-27-26-41(59)31-45(43)61)48(32-57(4,5)6)64-52(50(58)42-20-15-21-44(60)51(42)62)53(66)63-46-28-24-40(30-47(46)70-7)56(69)74-36(3)73-54(67)35(2)22-23-39(55(68)72-34-38-18-13-10-14-19-38)25-29-49(65)71-33-37-16-11-9-12-17-37/h9-21,24,26-28,30-31,35-36,39,48,50,52,64H,8,22-23,25,29,32-34H2,1-7H3,(H,63,66). The average molecular weight is 1060 g/mol. The maximum Gasteiger partial charge on any atom is 0.341 e. The first-order valence-corrected chi connectivity index (χ1v) is 25.5. The van der Waals surface area contributed by atoms with Crippen molar-refractivity contribution in [3.8, 4) is 5.75 Å². The predicted molar refractivity (Wildman–Crippen MR) is 279 cm³/mol. The van der Waals surface area contributed by atoms with E-state index in [2.05, 4.69) is 10.6 Å². The first kappa shape index (κ1) is 56.9. The van der Waals surface area contributed by atoms with Gasteiger partial charge in [-0.15, -0.1) is 0 Å². The van der Waals surface area contributed by atoms with Crippen LogP contribution < -0.4 is 15.4 Å². The number of amides is 1. The second-order valence-corrected chi connectivity index (χ2v) is 20.7. The molecule has 1 saturated heterocycles. The summed E-state index contributed by atoms with van der Waals surface area (Å²) in [5.41, 5.74) is 0.695. The zero-order valence-electron chi connectivity index (χ0n) is 42.7. The fraction of sp³-hybridized carbons (Fsp3) is 0.397. The topological polar surface area (TPSA) is 156 Å². The van der Waals surface area contributed by atoms with E-state index in [1.807, 2.05) is 88.4 Å². The summed E-state index contributed by atoms with van der Waals surface area (Å²) >= 11 is 12.6. The molecule has 74 heavy (non-hydrogen) atoms. The summed E-state index contributed by atoms with van der Waals surface area (Å²) in [4.78, 5) is 67.5. The molecule has 0 aliphatic carbocycles. The highest BCUT2D eigenvalue weighted by Crippen LogP contribution is 2.55. The van der Waals surface area contributed by atoms with Crippen molar-refractivity contribution in [2.45, 2.75) is 123 Å². The summed E-state index contributed by atoms with van der Waals surface area (Å²) in [7, 11) is 1.35. The lowest BCUT2D eigenvalue weighted by Crippen LogP contribution is -2.45. The van der Waals surface area contributed by atoms with Gasteiger partial charge in [0.05, 0.1) is 41.3 Å². The van der Waals surface area contributed by atoms with E-state index in [0.29, 0.717) is 12.8 Å². The molecule has 0 aromatic heterocycles. The molecule has 0 saturated carbocycles. The second-order valence-electron chi connectivity index (χ2n) is 19.9. The molecular weight excluding hydrogens is 994 g/mol. The van der Waals surface area contributed by atoms with Gasteiger partial charge in [-0.1, -0.05) is 137 Å². The number of carbonyl (C=O) groups is 5. The molecule has 7 atom stereocenters. The third-order valence-corrected chi connectivity index (χ3v) is 13.9. The minimum absolute atomic E-state index is 0.00118. The quantitative estimate of drug-likeness (QED) is 0.0386. The third-order valence-electron chi connectivity index (χ3n) is 13.4. The summed E-state index contributed by atoms with van der Waals surface area (Å²) in [5, 5.41) is 6.42. The number of halogens is 4. The van der Waals surface area contributed by atoms with Crippen LogP contribution in [0.1, 0.15) is 119 Å². The lowest BCUT2D eigenvalue weighted by atomic mass is 9.60. The molecule has 16 heteroatoms. The van der Waals surface area contributed by atoms with Crippen molar-refractivity contribution in [2.24, 2.45) is 17.3 Å². The largest absolute Gasteiger partial charge is 0.495 e. The van der Waals surface area contributed by atoms with Gasteiger partial charge in [0.25, 0.3) is 0 Å². The number of hydrogen-bond acceptors (Lipinski definition) is 11. The average Bonchev–Trinajstić information content (AvgIpc) is 3.68. The van der Waals surface area contributed by atoms with E-state index in [0.717, 1.165) is 11.1 Å². The Kier molecular flexibility index (Phi) is 19.8. The molecule has 1 amide bonds. The van der Waals surface area contributed by atoms with Gasteiger partial charge in [-0.3, -0.25) is 19.2 Å². The van der Waals surface area contributed by atoms with Crippen LogP contribution in [0.15, 0.2) is 115 Å². The van der Waals surface area contributed by atoms with Crippen LogP contribution in [0.5, 0.6) is 5.75 Å². The van der Waals surface area contributed by atoms with Crippen LogP contribution >= 0.6 is 23.2 Å². The van der Waals surface area contributed by atoms with Gasteiger partial charge in [-0.05, 0) is 96.2 Å². The zero-order valence-corrected chi connectivity index (χ0v) is 44.2. The van der Waals surface area contributed by atoms with Crippen molar-refractivity contribution in [3.05, 3.63) is 165 Å². The maximum absolute atomic E-state index is 16.3. The van der Waals surface area contributed by atoms with Gasteiger partial charge in [0.1, 0.15) is 30.6 Å². The zero-order chi connectivity index (χ0) is 53.7. The van der Waals surface area contributed by atoms with E-state index in [-0.39, 0.29) is 82.5 Å². The summed E-state index contributed by atoms with van der Waals surface area (Å²) in [5.74, 6) is -6.83. The van der Waals surface area contributed by atoms with Crippen molar-refractivity contribution >= 4 is 58.7 Å². The Morgan fingerprint density at radius 3 is 2.05 bits per heavy atom. The SMILES string of the molecule is CCC1(c2ccc(Cl)cc2F)C(CC(C)(C)C)NC(C(=O)Nc2ccc(C(=O)OC(C)OC(=O)C(C)CCC(CCC(=O)OCc3ccccc3)C(=O)OCc3ccccc3)cc2OC)C1c1cccc(Cl)c1F. The summed E-state index contributed by atoms with van der Waals surface area (Å²) in [6, 6.07) is 29.9. The fourth-order valence-electron chi connectivity index (χ4n) is 9.71. The Balaban J connectivity index is 1.12. The Labute approximate surface area is 441 Å². The van der Waals surface area contributed by atoms with Gasteiger partial charge >= 0.3 is 23.9 Å². The summed E-state index contributed by atoms with van der Waals surface area (Å²) < 4.78 is 60.3. The van der Waals surface area contributed by atoms with Crippen molar-refractivity contribution in [1.82, 2.24) is 5.32 Å². The predicted octanol–water partition coefficient (Wildman–Crippen LogP) is 12.5. The highest BCUT2D eigenvalue weighted by atomic mass is 35.5. The van der Waals surface area contributed by atoms with E-state index in [1.54, 1.807) is 31.2 Å². The normalized spacial score (nSPS) is 18.6. The molecule has 0 spiro atoms. The van der Waals surface area contributed by atoms with Gasteiger partial charge in [0.2, 0.25) is 12.2 Å². The van der Waals surface area contributed by atoms with Crippen LogP contribution in [-0.4, -0.2) is 55.3 Å². The van der Waals surface area contributed by atoms with Crippen LogP contribution in [0.25, 0.3) is 0 Å². The lowest BCUT2D eigenvalue weighted by Gasteiger charge is -2.42. The van der Waals surface area contributed by atoms with Gasteiger partial charge in [-0.25, -0.2) is 13.6 Å². The van der Waals surface area contributed by atoms with Crippen molar-refractivity contribution in [3.63, 3.8) is 0 Å². The van der Waals surface area contributed by atoms with Gasteiger partial charge in [0, 0.05) is 35.7 Å². The van der Waals surface area contributed by atoms with E-state index in [1.165, 1.54) is 44.4 Å². The third kappa shape index (κ3) is 14.5. The number of rotatable bonds is 22. The molecule has 0 radical (unpaired) electrons. The maximum atomic E-state index is 16.3. The molecule has 1 aliphatic heterocycles. The fourth-order valence-corrected chi connectivity index (χ4v) is 10.0. The van der Waals surface area contributed by atoms with E-state index in [4.69, 9.17) is 46.9 Å². The van der Waals surface area contributed by atoms with Crippen LogP contribution in [0.3, 0.4) is 0 Å². The highest BCUT2D eigenvalue weighted by Gasteiger charge is 2.59. The minimum Gasteiger partial charge on any atom is -0.495 e. The molecule has 5 aromatic carbocycles. The van der Waals surface area contributed by atoms with Crippen molar-refractivity contribution in [2.75, 3.05) is 12.4 Å². The number of carbonyl (C=O) groups excluding carboxylic acids is 5. The molecule has 394 valence electrons. The Morgan fingerprint density at radius 1 is 0.770 bits per heavy atom. The number of esters is 4. The Morgan fingerprint density at radius 2 is 1.43 bits per heavy atom.